The van der Waals surface area contributed by atoms with Crippen LogP contribution in [0.5, 0.6) is 0 Å². The Hall–Kier alpha value is -0.690. The molecule has 0 radical (unpaired) electrons. The van der Waals surface area contributed by atoms with Crippen LogP contribution >= 0.6 is 34.8 Å². The van der Waals surface area contributed by atoms with Gasteiger partial charge in [-0.3, -0.25) is 0 Å². The average molecular weight is 314 g/mol. The summed E-state index contributed by atoms with van der Waals surface area (Å²) in [4.78, 5) is 0. The molecule has 0 spiro atoms. The summed E-state index contributed by atoms with van der Waals surface area (Å²) in [6.45, 7) is 4.41. The average Bonchev–Trinajstić information content (AvgIpc) is 2.36. The minimum Gasteiger partial charge on any atom is -0.0836 e. The van der Waals surface area contributed by atoms with E-state index in [4.69, 9.17) is 34.8 Å². The molecule has 0 saturated carbocycles. The van der Waals surface area contributed by atoms with Crippen LogP contribution in [0, 0.1) is 5.92 Å². The highest BCUT2D eigenvalue weighted by Gasteiger charge is 2.11. The van der Waals surface area contributed by atoms with Crippen molar-refractivity contribution in [1.29, 1.82) is 0 Å². The number of hydrogen-bond acceptors (Lipinski definition) is 0. The molecule has 0 aliphatic rings. The Bertz CT molecular complexity index is 571. The lowest BCUT2D eigenvalue weighted by Crippen LogP contribution is -1.93. The van der Waals surface area contributed by atoms with Gasteiger partial charge >= 0.3 is 0 Å². The molecule has 3 heteroatoms. The monoisotopic (exact) mass is 312 g/mol. The van der Waals surface area contributed by atoms with Gasteiger partial charge in [0.2, 0.25) is 0 Å². The van der Waals surface area contributed by atoms with Crippen LogP contribution in [0.4, 0.5) is 0 Å². The van der Waals surface area contributed by atoms with Crippen molar-refractivity contribution < 1.29 is 0 Å². The predicted octanol–water partition coefficient (Wildman–Crippen LogP) is 6.51. The Labute approximate surface area is 129 Å². The highest BCUT2D eigenvalue weighted by molar-refractivity contribution is 6.46. The van der Waals surface area contributed by atoms with E-state index in [0.29, 0.717) is 21.0 Å². The number of rotatable bonds is 3. The fraction of sp³-hybridized carbons (Fsp3) is 0.250. The SMILES string of the molecule is CC(C)Cc1ccc(-c2c(Cl)ccc(Cl)c2Cl)cc1. The molecule has 0 aliphatic carbocycles. The molecular formula is C16H15Cl3. The molecule has 0 unspecified atom stereocenters. The van der Waals surface area contributed by atoms with E-state index in [9.17, 15) is 0 Å². The molecule has 0 atom stereocenters. The van der Waals surface area contributed by atoms with Crippen LogP contribution in [0.3, 0.4) is 0 Å². The second-order valence-electron chi connectivity index (χ2n) is 5.01. The Morgan fingerprint density at radius 1 is 0.842 bits per heavy atom. The summed E-state index contributed by atoms with van der Waals surface area (Å²) in [7, 11) is 0. The lowest BCUT2D eigenvalue weighted by Gasteiger charge is -2.10. The fourth-order valence-electron chi connectivity index (χ4n) is 2.07. The minimum atomic E-state index is 0.505. The maximum atomic E-state index is 6.24. The van der Waals surface area contributed by atoms with E-state index in [2.05, 4.69) is 26.0 Å². The molecule has 100 valence electrons. The molecule has 0 nitrogen and oxygen atoms in total. The van der Waals surface area contributed by atoms with E-state index in [1.807, 2.05) is 12.1 Å². The van der Waals surface area contributed by atoms with Gasteiger partial charge in [0.25, 0.3) is 0 Å². The number of benzene rings is 2. The molecule has 0 aliphatic heterocycles. The maximum absolute atomic E-state index is 6.24. The number of hydrogen-bond donors (Lipinski definition) is 0. The third kappa shape index (κ3) is 3.45. The van der Waals surface area contributed by atoms with Gasteiger partial charge in [-0.25, -0.2) is 0 Å². The van der Waals surface area contributed by atoms with Gasteiger partial charge in [0, 0.05) is 10.6 Å². The summed E-state index contributed by atoms with van der Waals surface area (Å²) in [5, 5.41) is 1.64. The van der Waals surface area contributed by atoms with E-state index in [0.717, 1.165) is 17.5 Å². The fourth-order valence-corrected chi connectivity index (χ4v) is 2.82. The zero-order valence-electron chi connectivity index (χ0n) is 10.9. The van der Waals surface area contributed by atoms with E-state index in [1.54, 1.807) is 12.1 Å². The van der Waals surface area contributed by atoms with Gasteiger partial charge in [0.1, 0.15) is 0 Å². The van der Waals surface area contributed by atoms with Gasteiger partial charge in [0.15, 0.2) is 0 Å². The van der Waals surface area contributed by atoms with Gasteiger partial charge in [-0.2, -0.15) is 0 Å². The third-order valence-corrected chi connectivity index (χ3v) is 4.05. The van der Waals surface area contributed by atoms with Crippen molar-refractivity contribution in [1.82, 2.24) is 0 Å². The Balaban J connectivity index is 2.40. The first kappa shape index (κ1) is 14.7. The van der Waals surface area contributed by atoms with Crippen molar-refractivity contribution in [2.45, 2.75) is 20.3 Å². The molecule has 0 bridgehead atoms. The molecule has 0 heterocycles. The molecule has 2 aromatic rings. The first-order chi connectivity index (χ1) is 8.99. The van der Waals surface area contributed by atoms with E-state index >= 15 is 0 Å². The van der Waals surface area contributed by atoms with E-state index < -0.39 is 0 Å². The van der Waals surface area contributed by atoms with Crippen molar-refractivity contribution in [3.05, 3.63) is 57.0 Å². The normalized spacial score (nSPS) is 11.1. The zero-order chi connectivity index (χ0) is 14.0. The van der Waals surface area contributed by atoms with Crippen LogP contribution in [-0.4, -0.2) is 0 Å². The van der Waals surface area contributed by atoms with Crippen LogP contribution in [0.1, 0.15) is 19.4 Å². The Morgan fingerprint density at radius 3 is 2.00 bits per heavy atom. The van der Waals surface area contributed by atoms with Crippen LogP contribution in [0.15, 0.2) is 36.4 Å². The molecule has 19 heavy (non-hydrogen) atoms. The zero-order valence-corrected chi connectivity index (χ0v) is 13.2. The summed E-state index contributed by atoms with van der Waals surface area (Å²) < 4.78 is 0. The lowest BCUT2D eigenvalue weighted by atomic mass is 9.99. The predicted molar refractivity (Wildman–Crippen MR) is 85.5 cm³/mol. The smallest absolute Gasteiger partial charge is 0.0685 e. The van der Waals surface area contributed by atoms with Gasteiger partial charge in [-0.1, -0.05) is 72.9 Å². The summed E-state index contributed by atoms with van der Waals surface area (Å²) in [6.07, 6.45) is 1.07. The molecular weight excluding hydrogens is 299 g/mol. The number of halogens is 3. The Kier molecular flexibility index (Phi) is 4.78. The van der Waals surface area contributed by atoms with Crippen molar-refractivity contribution in [3.63, 3.8) is 0 Å². The lowest BCUT2D eigenvalue weighted by molar-refractivity contribution is 0.647. The first-order valence-electron chi connectivity index (χ1n) is 6.22. The van der Waals surface area contributed by atoms with E-state index in [-0.39, 0.29) is 0 Å². The Morgan fingerprint density at radius 2 is 1.42 bits per heavy atom. The van der Waals surface area contributed by atoms with Gasteiger partial charge in [-0.15, -0.1) is 0 Å². The molecule has 0 N–H and O–H groups in total. The highest BCUT2D eigenvalue weighted by Crippen LogP contribution is 2.39. The molecule has 0 saturated heterocycles. The molecule has 2 rings (SSSR count). The maximum Gasteiger partial charge on any atom is 0.0685 e. The van der Waals surface area contributed by atoms with E-state index in [1.165, 1.54) is 5.56 Å². The summed E-state index contributed by atoms with van der Waals surface area (Å²) in [5.41, 5.74) is 3.10. The second-order valence-corrected chi connectivity index (χ2v) is 6.21. The molecule has 2 aromatic carbocycles. The van der Waals surface area contributed by atoms with Crippen LogP contribution in [-0.2, 0) is 6.42 Å². The first-order valence-corrected chi connectivity index (χ1v) is 7.35. The third-order valence-electron chi connectivity index (χ3n) is 2.93. The van der Waals surface area contributed by atoms with Crippen LogP contribution < -0.4 is 0 Å². The molecule has 0 fully saturated rings. The molecule has 0 amide bonds. The topological polar surface area (TPSA) is 0 Å². The summed E-state index contributed by atoms with van der Waals surface area (Å²) in [5.74, 6) is 0.643. The van der Waals surface area contributed by atoms with Crippen molar-refractivity contribution >= 4 is 34.8 Å². The molecule has 0 aromatic heterocycles. The van der Waals surface area contributed by atoms with Gasteiger partial charge in [0.05, 0.1) is 10.0 Å². The standard InChI is InChI=1S/C16H15Cl3/c1-10(2)9-11-3-5-12(6-4-11)15-13(17)7-8-14(18)16(15)19/h3-8,10H,9H2,1-2H3. The van der Waals surface area contributed by atoms with Gasteiger partial charge < -0.3 is 0 Å². The van der Waals surface area contributed by atoms with Crippen LogP contribution in [0.2, 0.25) is 15.1 Å². The highest BCUT2D eigenvalue weighted by atomic mass is 35.5. The van der Waals surface area contributed by atoms with Crippen molar-refractivity contribution in [2.75, 3.05) is 0 Å². The quantitative estimate of drug-likeness (QED) is 0.566. The van der Waals surface area contributed by atoms with Crippen molar-refractivity contribution in [3.8, 4) is 11.1 Å². The minimum absolute atomic E-state index is 0.505. The van der Waals surface area contributed by atoms with Crippen molar-refractivity contribution in [2.24, 2.45) is 5.92 Å². The second kappa shape index (κ2) is 6.17. The van der Waals surface area contributed by atoms with Gasteiger partial charge in [-0.05, 0) is 35.6 Å². The largest absolute Gasteiger partial charge is 0.0836 e. The summed E-state index contributed by atoms with van der Waals surface area (Å²) >= 11 is 18.5. The summed E-state index contributed by atoms with van der Waals surface area (Å²) in [6, 6.07) is 11.8. The van der Waals surface area contributed by atoms with Crippen LogP contribution in [0.25, 0.3) is 11.1 Å².